The second kappa shape index (κ2) is 12.3. The third kappa shape index (κ3) is 7.40. The quantitative estimate of drug-likeness (QED) is 0.394. The third-order valence-corrected chi connectivity index (χ3v) is 4.92. The van der Waals surface area contributed by atoms with Gasteiger partial charge in [-0.15, -0.1) is 0 Å². The van der Waals surface area contributed by atoms with Crippen LogP contribution in [0, 0.1) is 0 Å². The van der Waals surface area contributed by atoms with E-state index in [1.807, 2.05) is 0 Å². The zero-order chi connectivity index (χ0) is 16.2. The minimum absolute atomic E-state index is 0.0642. The molecule has 0 aliphatic carbocycles. The molecule has 0 aromatic heterocycles. The van der Waals surface area contributed by atoms with Gasteiger partial charge in [0.2, 0.25) is 0 Å². The van der Waals surface area contributed by atoms with Crippen molar-refractivity contribution in [2.75, 3.05) is 6.61 Å². The van der Waals surface area contributed by atoms with Crippen LogP contribution in [0.25, 0.3) is 0 Å². The largest absolute Gasteiger partial charge is 0.395 e. The molecule has 1 saturated heterocycles. The van der Waals surface area contributed by atoms with E-state index in [9.17, 15) is 10.2 Å². The molecule has 4 heteroatoms. The molecular weight excluding hydrogens is 278 g/mol. The molecule has 0 unspecified atom stereocenters. The average molecular weight is 315 g/mol. The molecule has 1 aliphatic heterocycles. The summed E-state index contributed by atoms with van der Waals surface area (Å²) in [6, 6.07) is -0.432. The summed E-state index contributed by atoms with van der Waals surface area (Å²) in [5.74, 6) is 0. The lowest BCUT2D eigenvalue weighted by molar-refractivity contribution is 0.0186. The molecule has 132 valence electrons. The first-order valence-corrected chi connectivity index (χ1v) is 9.43. The molecule has 0 saturated carbocycles. The predicted molar refractivity (Wildman–Crippen MR) is 90.9 cm³/mol. The van der Waals surface area contributed by atoms with Crippen LogP contribution >= 0.6 is 0 Å². The first kappa shape index (κ1) is 19.9. The highest BCUT2D eigenvalue weighted by Gasteiger charge is 2.39. The molecule has 0 bridgehead atoms. The van der Waals surface area contributed by atoms with E-state index >= 15 is 0 Å². The van der Waals surface area contributed by atoms with Gasteiger partial charge in [0, 0.05) is 6.04 Å². The molecule has 1 fully saturated rings. The van der Waals surface area contributed by atoms with Crippen molar-refractivity contribution in [3.8, 4) is 0 Å². The minimum Gasteiger partial charge on any atom is -0.395 e. The fourth-order valence-electron chi connectivity index (χ4n) is 3.39. The maximum atomic E-state index is 9.90. The highest BCUT2D eigenvalue weighted by Crippen LogP contribution is 2.20. The average Bonchev–Trinajstić information content (AvgIpc) is 2.80. The molecule has 0 amide bonds. The number of unbranched alkanes of at least 4 members (excludes halogenated alkanes) is 10. The van der Waals surface area contributed by atoms with Gasteiger partial charge in [0.15, 0.2) is 0 Å². The van der Waals surface area contributed by atoms with E-state index in [-0.39, 0.29) is 18.7 Å². The summed E-state index contributed by atoms with van der Waals surface area (Å²) in [6.45, 7) is 2.14. The number of hydrogen-bond donors (Lipinski definition) is 4. The van der Waals surface area contributed by atoms with E-state index in [2.05, 4.69) is 12.2 Å². The summed E-state index contributed by atoms with van der Waals surface area (Å²) in [6.07, 6.45) is 13.8. The van der Waals surface area contributed by atoms with E-state index in [1.54, 1.807) is 0 Å². The van der Waals surface area contributed by atoms with Crippen molar-refractivity contribution in [3.63, 3.8) is 0 Å². The smallest absolute Gasteiger partial charge is 0.0989 e. The van der Waals surface area contributed by atoms with Gasteiger partial charge in [0.25, 0.3) is 0 Å². The Labute approximate surface area is 136 Å². The van der Waals surface area contributed by atoms with Crippen LogP contribution in [0.5, 0.6) is 0 Å². The summed E-state index contributed by atoms with van der Waals surface area (Å²) in [4.78, 5) is 0. The van der Waals surface area contributed by atoms with Crippen molar-refractivity contribution in [1.29, 1.82) is 0 Å². The van der Waals surface area contributed by atoms with Crippen LogP contribution in [-0.4, -0.2) is 46.2 Å². The fourth-order valence-corrected chi connectivity index (χ4v) is 3.39. The summed E-state index contributed by atoms with van der Waals surface area (Å²) in [5.41, 5.74) is 0. The molecule has 4 N–H and O–H groups in total. The molecule has 1 aliphatic rings. The first-order valence-electron chi connectivity index (χ1n) is 9.43. The summed E-state index contributed by atoms with van der Waals surface area (Å²) < 4.78 is 0. The summed E-state index contributed by atoms with van der Waals surface area (Å²) >= 11 is 0. The van der Waals surface area contributed by atoms with Gasteiger partial charge in [-0.3, -0.25) is 0 Å². The lowest BCUT2D eigenvalue weighted by Gasteiger charge is -2.15. The van der Waals surface area contributed by atoms with Crippen LogP contribution in [0.4, 0.5) is 0 Å². The fraction of sp³-hybridized carbons (Fsp3) is 1.00. The normalized spacial score (nSPS) is 28.4. The standard InChI is InChI=1S/C18H37NO3/c1-2-3-4-5-6-7-8-9-10-11-12-13-15-17(21)18(22)16(14-20)19-15/h15-22H,2-14H2,1H3/t15-,16-,17-,18-/m0/s1. The number of hydrogen-bond acceptors (Lipinski definition) is 4. The minimum atomic E-state index is -0.831. The van der Waals surface area contributed by atoms with Gasteiger partial charge >= 0.3 is 0 Å². The summed E-state index contributed by atoms with van der Waals surface area (Å²) in [7, 11) is 0. The predicted octanol–water partition coefficient (Wildman–Crippen LogP) is 2.74. The molecule has 22 heavy (non-hydrogen) atoms. The molecule has 0 aromatic carbocycles. The van der Waals surface area contributed by atoms with Gasteiger partial charge in [0.1, 0.15) is 0 Å². The molecular formula is C18H37NO3. The lowest BCUT2D eigenvalue weighted by atomic mass is 10.0. The number of aliphatic hydroxyl groups is 3. The second-order valence-electron chi connectivity index (χ2n) is 6.87. The number of aliphatic hydroxyl groups excluding tert-OH is 3. The van der Waals surface area contributed by atoms with Gasteiger partial charge in [-0.1, -0.05) is 77.6 Å². The van der Waals surface area contributed by atoms with Gasteiger partial charge in [0.05, 0.1) is 24.9 Å². The Morgan fingerprint density at radius 1 is 0.682 bits per heavy atom. The topological polar surface area (TPSA) is 72.7 Å². The monoisotopic (exact) mass is 315 g/mol. The maximum Gasteiger partial charge on any atom is 0.0989 e. The Balaban J connectivity index is 1.89. The van der Waals surface area contributed by atoms with E-state index in [1.165, 1.54) is 64.2 Å². The van der Waals surface area contributed by atoms with Crippen LogP contribution in [-0.2, 0) is 0 Å². The zero-order valence-electron chi connectivity index (χ0n) is 14.3. The van der Waals surface area contributed by atoms with Gasteiger partial charge in [-0.25, -0.2) is 0 Å². The van der Waals surface area contributed by atoms with E-state index in [4.69, 9.17) is 5.11 Å². The molecule has 4 atom stereocenters. The first-order chi connectivity index (χ1) is 10.7. The van der Waals surface area contributed by atoms with Crippen molar-refractivity contribution in [2.24, 2.45) is 0 Å². The molecule has 1 heterocycles. The van der Waals surface area contributed by atoms with Gasteiger partial charge < -0.3 is 20.6 Å². The van der Waals surface area contributed by atoms with E-state index in [0.29, 0.717) is 0 Å². The zero-order valence-corrected chi connectivity index (χ0v) is 14.3. The van der Waals surface area contributed by atoms with Crippen molar-refractivity contribution in [3.05, 3.63) is 0 Å². The van der Waals surface area contributed by atoms with Gasteiger partial charge in [-0.2, -0.15) is 0 Å². The second-order valence-corrected chi connectivity index (χ2v) is 6.87. The third-order valence-electron chi connectivity index (χ3n) is 4.92. The van der Waals surface area contributed by atoms with Crippen molar-refractivity contribution >= 4 is 0 Å². The Morgan fingerprint density at radius 3 is 1.59 bits per heavy atom. The molecule has 0 spiro atoms. The SMILES string of the molecule is CCCCCCCCCCCCC[C@@H]1N[C@@H](CO)[C@H](O)[C@H]1O. The molecule has 1 rings (SSSR count). The molecule has 0 aromatic rings. The van der Waals surface area contributed by atoms with Crippen molar-refractivity contribution < 1.29 is 15.3 Å². The van der Waals surface area contributed by atoms with Crippen LogP contribution < -0.4 is 5.32 Å². The Hall–Kier alpha value is -0.160. The van der Waals surface area contributed by atoms with E-state index < -0.39 is 12.2 Å². The Bertz CT molecular complexity index is 263. The number of nitrogens with one attached hydrogen (secondary N) is 1. The van der Waals surface area contributed by atoms with Crippen molar-refractivity contribution in [1.82, 2.24) is 5.32 Å². The molecule has 4 nitrogen and oxygen atoms in total. The summed E-state index contributed by atoms with van der Waals surface area (Å²) in [5, 5.41) is 31.9. The van der Waals surface area contributed by atoms with Crippen LogP contribution in [0.3, 0.4) is 0 Å². The highest BCUT2D eigenvalue weighted by molar-refractivity contribution is 4.97. The van der Waals surface area contributed by atoms with Crippen molar-refractivity contribution in [2.45, 2.75) is 108 Å². The lowest BCUT2D eigenvalue weighted by Crippen LogP contribution is -2.36. The maximum absolute atomic E-state index is 9.90. The van der Waals surface area contributed by atoms with Crippen LogP contribution in [0.15, 0.2) is 0 Å². The number of rotatable bonds is 13. The van der Waals surface area contributed by atoms with Crippen LogP contribution in [0.2, 0.25) is 0 Å². The highest BCUT2D eigenvalue weighted by atomic mass is 16.3. The van der Waals surface area contributed by atoms with E-state index in [0.717, 1.165) is 12.8 Å². The Morgan fingerprint density at radius 2 is 1.14 bits per heavy atom. The van der Waals surface area contributed by atoms with Crippen LogP contribution in [0.1, 0.15) is 84.0 Å². The molecule has 0 radical (unpaired) electrons. The Kier molecular flexibility index (Phi) is 11.1. The van der Waals surface area contributed by atoms with Gasteiger partial charge in [-0.05, 0) is 6.42 Å².